The van der Waals surface area contributed by atoms with Crippen LogP contribution in [0.3, 0.4) is 0 Å². The first kappa shape index (κ1) is 14.5. The smallest absolute Gasteiger partial charge is 0.363 e. The number of rotatable bonds is 4. The molecule has 7 nitrogen and oxygen atoms in total. The van der Waals surface area contributed by atoms with Gasteiger partial charge in [-0.2, -0.15) is 0 Å². The molecule has 1 aliphatic heterocycles. The molecule has 0 saturated carbocycles. The first-order valence-electron chi connectivity index (χ1n) is 6.61. The molecule has 0 fully saturated rings. The SMILES string of the molecule is O=C1OC(c2ccco2)=N/C1=C\C=C\c1ccccc1[N+](=O)[O-]. The molecule has 3 rings (SSSR count). The number of nitro benzene ring substituents is 1. The van der Waals surface area contributed by atoms with Crippen LogP contribution in [0.25, 0.3) is 6.08 Å². The van der Waals surface area contributed by atoms with Gasteiger partial charge in [-0.15, -0.1) is 0 Å². The number of esters is 1. The first-order valence-corrected chi connectivity index (χ1v) is 6.61. The van der Waals surface area contributed by atoms with E-state index in [0.717, 1.165) is 0 Å². The van der Waals surface area contributed by atoms with E-state index in [1.54, 1.807) is 30.3 Å². The second-order valence-electron chi connectivity index (χ2n) is 4.51. The molecule has 2 aromatic rings. The molecule has 2 heterocycles. The fraction of sp³-hybridized carbons (Fsp3) is 0. The summed E-state index contributed by atoms with van der Waals surface area (Å²) < 4.78 is 10.1. The van der Waals surface area contributed by atoms with Gasteiger partial charge in [-0.1, -0.05) is 18.2 Å². The molecule has 0 N–H and O–H groups in total. The lowest BCUT2D eigenvalue weighted by Crippen LogP contribution is -2.03. The summed E-state index contributed by atoms with van der Waals surface area (Å²) >= 11 is 0. The van der Waals surface area contributed by atoms with E-state index in [0.29, 0.717) is 11.3 Å². The van der Waals surface area contributed by atoms with Crippen molar-refractivity contribution in [3.63, 3.8) is 0 Å². The summed E-state index contributed by atoms with van der Waals surface area (Å²) in [5.41, 5.74) is 0.498. The lowest BCUT2D eigenvalue weighted by atomic mass is 10.1. The van der Waals surface area contributed by atoms with Crippen molar-refractivity contribution in [3.8, 4) is 0 Å². The van der Waals surface area contributed by atoms with Crippen LogP contribution in [0.2, 0.25) is 0 Å². The molecule has 7 heteroatoms. The Labute approximate surface area is 130 Å². The van der Waals surface area contributed by atoms with Crippen LogP contribution >= 0.6 is 0 Å². The summed E-state index contributed by atoms with van der Waals surface area (Å²) in [7, 11) is 0. The monoisotopic (exact) mass is 310 g/mol. The van der Waals surface area contributed by atoms with E-state index in [9.17, 15) is 14.9 Å². The van der Waals surface area contributed by atoms with E-state index in [4.69, 9.17) is 9.15 Å². The van der Waals surface area contributed by atoms with Gasteiger partial charge in [0.25, 0.3) is 11.6 Å². The Morgan fingerprint density at radius 2 is 2.00 bits per heavy atom. The van der Waals surface area contributed by atoms with Gasteiger partial charge in [0.05, 0.1) is 16.7 Å². The van der Waals surface area contributed by atoms with Crippen molar-refractivity contribution in [2.45, 2.75) is 0 Å². The molecule has 0 unspecified atom stereocenters. The van der Waals surface area contributed by atoms with Crippen LogP contribution in [0.15, 0.2) is 69.9 Å². The van der Waals surface area contributed by atoms with Gasteiger partial charge in [0.2, 0.25) is 0 Å². The average molecular weight is 310 g/mol. The van der Waals surface area contributed by atoms with Crippen molar-refractivity contribution in [2.24, 2.45) is 4.99 Å². The quantitative estimate of drug-likeness (QED) is 0.374. The van der Waals surface area contributed by atoms with Crippen LogP contribution in [-0.4, -0.2) is 16.8 Å². The van der Waals surface area contributed by atoms with E-state index in [2.05, 4.69) is 4.99 Å². The molecular weight excluding hydrogens is 300 g/mol. The number of furan rings is 1. The van der Waals surface area contributed by atoms with Gasteiger partial charge >= 0.3 is 5.97 Å². The zero-order chi connectivity index (χ0) is 16.2. The zero-order valence-corrected chi connectivity index (χ0v) is 11.7. The Hall–Kier alpha value is -3.48. The lowest BCUT2D eigenvalue weighted by molar-refractivity contribution is -0.385. The number of benzene rings is 1. The van der Waals surface area contributed by atoms with Gasteiger partial charge in [-0.25, -0.2) is 9.79 Å². The Morgan fingerprint density at radius 3 is 2.74 bits per heavy atom. The molecule has 0 aliphatic carbocycles. The fourth-order valence-corrected chi connectivity index (χ4v) is 1.97. The van der Waals surface area contributed by atoms with Crippen LogP contribution in [0.4, 0.5) is 5.69 Å². The van der Waals surface area contributed by atoms with Crippen molar-refractivity contribution >= 4 is 23.6 Å². The number of para-hydroxylation sites is 1. The Bertz CT molecular complexity index is 847. The number of hydrogen-bond donors (Lipinski definition) is 0. The summed E-state index contributed by atoms with van der Waals surface area (Å²) in [4.78, 5) is 26.2. The van der Waals surface area contributed by atoms with Crippen molar-refractivity contribution in [2.75, 3.05) is 0 Å². The fourth-order valence-electron chi connectivity index (χ4n) is 1.97. The predicted octanol–water partition coefficient (Wildman–Crippen LogP) is 3.09. The zero-order valence-electron chi connectivity index (χ0n) is 11.7. The van der Waals surface area contributed by atoms with Gasteiger partial charge in [0.15, 0.2) is 11.5 Å². The van der Waals surface area contributed by atoms with Crippen molar-refractivity contribution in [1.29, 1.82) is 0 Å². The molecule has 114 valence electrons. The molecule has 0 spiro atoms. The topological polar surface area (TPSA) is 94.9 Å². The van der Waals surface area contributed by atoms with Crippen LogP contribution in [0.1, 0.15) is 11.3 Å². The lowest BCUT2D eigenvalue weighted by Gasteiger charge is -1.95. The number of carbonyl (C=O) groups excluding carboxylic acids is 1. The second-order valence-corrected chi connectivity index (χ2v) is 4.51. The summed E-state index contributed by atoms with van der Waals surface area (Å²) in [6.45, 7) is 0. The van der Waals surface area contributed by atoms with Crippen LogP contribution in [0.5, 0.6) is 0 Å². The molecule has 1 aromatic heterocycles. The Morgan fingerprint density at radius 1 is 1.17 bits per heavy atom. The summed E-state index contributed by atoms with van der Waals surface area (Å²) in [5.74, 6) is -0.168. The van der Waals surface area contributed by atoms with Crippen LogP contribution in [-0.2, 0) is 9.53 Å². The maximum Gasteiger partial charge on any atom is 0.363 e. The summed E-state index contributed by atoms with van der Waals surface area (Å²) in [6.07, 6.45) is 5.91. The number of hydrogen-bond acceptors (Lipinski definition) is 6. The minimum atomic E-state index is -0.608. The third kappa shape index (κ3) is 3.08. The van der Waals surface area contributed by atoms with Gasteiger partial charge in [0.1, 0.15) is 0 Å². The number of ether oxygens (including phenoxy) is 1. The van der Waals surface area contributed by atoms with Crippen LogP contribution in [0, 0.1) is 10.1 Å². The third-order valence-corrected chi connectivity index (χ3v) is 3.02. The standard InChI is InChI=1S/C16H10N2O5/c19-16-12(17-15(23-16)14-9-4-10-22-14)7-3-6-11-5-1-2-8-13(11)18(20)21/h1-10H/b6-3+,12-7-. The highest BCUT2D eigenvalue weighted by atomic mass is 16.6. The molecule has 0 amide bonds. The van der Waals surface area contributed by atoms with E-state index in [1.165, 1.54) is 30.6 Å². The molecule has 23 heavy (non-hydrogen) atoms. The van der Waals surface area contributed by atoms with Gasteiger partial charge in [0, 0.05) is 6.07 Å². The van der Waals surface area contributed by atoms with Gasteiger partial charge in [-0.3, -0.25) is 10.1 Å². The van der Waals surface area contributed by atoms with E-state index < -0.39 is 10.9 Å². The van der Waals surface area contributed by atoms with E-state index in [-0.39, 0.29) is 17.3 Å². The predicted molar refractivity (Wildman–Crippen MR) is 81.6 cm³/mol. The molecule has 1 aliphatic rings. The number of nitrogens with zero attached hydrogens (tertiary/aromatic N) is 2. The number of allylic oxidation sites excluding steroid dienone is 2. The third-order valence-electron chi connectivity index (χ3n) is 3.02. The minimum Gasteiger partial charge on any atom is -0.459 e. The minimum absolute atomic E-state index is 0.0177. The van der Waals surface area contributed by atoms with Gasteiger partial charge in [-0.05, 0) is 30.4 Å². The highest BCUT2D eigenvalue weighted by molar-refractivity contribution is 6.10. The summed E-state index contributed by atoms with van der Waals surface area (Å²) in [6, 6.07) is 9.57. The molecule has 1 aromatic carbocycles. The normalized spacial score (nSPS) is 15.9. The largest absolute Gasteiger partial charge is 0.459 e. The number of cyclic esters (lactones) is 1. The molecule has 0 saturated heterocycles. The Balaban J connectivity index is 1.83. The van der Waals surface area contributed by atoms with Gasteiger partial charge < -0.3 is 9.15 Å². The molecular formula is C16H10N2O5. The van der Waals surface area contributed by atoms with E-state index >= 15 is 0 Å². The highest BCUT2D eigenvalue weighted by Crippen LogP contribution is 2.20. The van der Waals surface area contributed by atoms with E-state index in [1.807, 2.05) is 0 Å². The van der Waals surface area contributed by atoms with Crippen molar-refractivity contribution < 1.29 is 18.9 Å². The molecule has 0 bridgehead atoms. The van der Waals surface area contributed by atoms with Crippen molar-refractivity contribution in [1.82, 2.24) is 0 Å². The van der Waals surface area contributed by atoms with Crippen molar-refractivity contribution in [3.05, 3.63) is 81.9 Å². The number of nitro groups is 1. The Kier molecular flexibility index (Phi) is 3.84. The second kappa shape index (κ2) is 6.10. The number of aliphatic imine (C=N–C) groups is 1. The molecule has 0 radical (unpaired) electrons. The first-order chi connectivity index (χ1) is 11.1. The maximum absolute atomic E-state index is 11.7. The summed E-state index contributed by atoms with van der Waals surface area (Å²) in [5, 5.41) is 10.9. The maximum atomic E-state index is 11.7. The average Bonchev–Trinajstić information content (AvgIpc) is 3.18. The van der Waals surface area contributed by atoms with Crippen LogP contribution < -0.4 is 0 Å². The molecule has 0 atom stereocenters. The number of carbonyl (C=O) groups is 1. The highest BCUT2D eigenvalue weighted by Gasteiger charge is 2.25.